The number of nitrogens with one attached hydrogen (secondary N) is 2. The zero-order valence-corrected chi connectivity index (χ0v) is 13.6. The van der Waals surface area contributed by atoms with Gasteiger partial charge in [0.25, 0.3) is 0 Å². The maximum atomic E-state index is 12.3. The molecule has 0 saturated carbocycles. The normalized spacial score (nSPS) is 12.5. The quantitative estimate of drug-likeness (QED) is 0.756. The smallest absolute Gasteiger partial charge is 0.226 e. The number of carbonyl (C=O) groups is 1. The molecule has 120 valence electrons. The summed E-state index contributed by atoms with van der Waals surface area (Å²) in [6.07, 6.45) is 2.97. The molecule has 0 spiro atoms. The average molecular weight is 311 g/mol. The van der Waals surface area contributed by atoms with Gasteiger partial charge in [0, 0.05) is 24.4 Å². The fourth-order valence-corrected chi connectivity index (χ4v) is 2.80. The molecule has 3 aromatic rings. The number of pyridine rings is 1. The number of amides is 1. The molecule has 0 aliphatic heterocycles. The fraction of sp³-hybridized carbons (Fsp3) is 0.353. The molecule has 23 heavy (non-hydrogen) atoms. The first-order valence-corrected chi connectivity index (χ1v) is 7.75. The summed E-state index contributed by atoms with van der Waals surface area (Å²) in [4.78, 5) is 16.8. The molecule has 0 saturated heterocycles. The van der Waals surface area contributed by atoms with Gasteiger partial charge in [-0.25, -0.2) is 4.98 Å². The molecular formula is C17H21N5O. The Bertz CT molecular complexity index is 832. The van der Waals surface area contributed by atoms with E-state index in [4.69, 9.17) is 0 Å². The highest BCUT2D eigenvalue weighted by Gasteiger charge is 2.15. The number of aromatic amines is 1. The Morgan fingerprint density at radius 1 is 1.39 bits per heavy atom. The number of carbonyl (C=O) groups excluding carboxylic acids is 1. The fourth-order valence-electron chi connectivity index (χ4n) is 2.80. The standard InChI is InChI=1S/C17H21N5O/c1-11(8-14-9-12(2)20-21-14)18-17(23)10-15-13(3)19-16-6-4-5-7-22(15)16/h4-7,9,11H,8,10H2,1-3H3,(H,18,23)(H,20,21)/t11-/m1/s1. The minimum absolute atomic E-state index is 0.00138. The van der Waals surface area contributed by atoms with E-state index in [9.17, 15) is 4.79 Å². The molecule has 2 N–H and O–H groups in total. The maximum Gasteiger partial charge on any atom is 0.226 e. The molecule has 3 heterocycles. The van der Waals surface area contributed by atoms with Crippen molar-refractivity contribution in [2.24, 2.45) is 0 Å². The molecule has 1 atom stereocenters. The van der Waals surface area contributed by atoms with Crippen LogP contribution in [0.25, 0.3) is 5.65 Å². The highest BCUT2D eigenvalue weighted by atomic mass is 16.1. The van der Waals surface area contributed by atoms with Crippen LogP contribution in [0.3, 0.4) is 0 Å². The van der Waals surface area contributed by atoms with Crippen LogP contribution in [0.15, 0.2) is 30.5 Å². The predicted octanol–water partition coefficient (Wildman–Crippen LogP) is 1.96. The summed E-state index contributed by atoms with van der Waals surface area (Å²) in [7, 11) is 0. The molecule has 6 heteroatoms. The first kappa shape index (κ1) is 15.3. The molecular weight excluding hydrogens is 290 g/mol. The van der Waals surface area contributed by atoms with Gasteiger partial charge in [0.05, 0.1) is 23.5 Å². The summed E-state index contributed by atoms with van der Waals surface area (Å²) >= 11 is 0. The van der Waals surface area contributed by atoms with Crippen LogP contribution >= 0.6 is 0 Å². The van der Waals surface area contributed by atoms with Crippen molar-refractivity contribution >= 4 is 11.6 Å². The van der Waals surface area contributed by atoms with Gasteiger partial charge in [0.2, 0.25) is 5.91 Å². The maximum absolute atomic E-state index is 12.3. The summed E-state index contributed by atoms with van der Waals surface area (Å²) in [5, 5.41) is 10.2. The van der Waals surface area contributed by atoms with Crippen molar-refractivity contribution in [1.82, 2.24) is 24.9 Å². The number of rotatable bonds is 5. The molecule has 0 unspecified atom stereocenters. The van der Waals surface area contributed by atoms with E-state index in [0.29, 0.717) is 12.8 Å². The van der Waals surface area contributed by atoms with Crippen LogP contribution in [0.5, 0.6) is 0 Å². The van der Waals surface area contributed by atoms with Crippen molar-refractivity contribution in [1.29, 1.82) is 0 Å². The molecule has 3 aromatic heterocycles. The zero-order valence-electron chi connectivity index (χ0n) is 13.6. The van der Waals surface area contributed by atoms with Gasteiger partial charge in [0.15, 0.2) is 0 Å². The highest BCUT2D eigenvalue weighted by molar-refractivity contribution is 5.79. The Labute approximate surface area is 134 Å². The highest BCUT2D eigenvalue weighted by Crippen LogP contribution is 2.12. The van der Waals surface area contributed by atoms with Crippen LogP contribution in [0.4, 0.5) is 0 Å². The number of H-pyrrole nitrogens is 1. The van der Waals surface area contributed by atoms with E-state index in [1.54, 1.807) is 0 Å². The van der Waals surface area contributed by atoms with Crippen molar-refractivity contribution in [2.75, 3.05) is 0 Å². The first-order valence-electron chi connectivity index (χ1n) is 7.75. The second-order valence-corrected chi connectivity index (χ2v) is 5.96. The van der Waals surface area contributed by atoms with E-state index in [0.717, 1.165) is 28.4 Å². The number of hydrogen-bond acceptors (Lipinski definition) is 3. The van der Waals surface area contributed by atoms with Crippen molar-refractivity contribution in [3.05, 3.63) is 53.2 Å². The second-order valence-electron chi connectivity index (χ2n) is 5.96. The number of nitrogens with zero attached hydrogens (tertiary/aromatic N) is 3. The van der Waals surface area contributed by atoms with Crippen LogP contribution in [-0.4, -0.2) is 31.5 Å². The summed E-state index contributed by atoms with van der Waals surface area (Å²) in [6.45, 7) is 5.89. The number of hydrogen-bond donors (Lipinski definition) is 2. The number of aryl methyl sites for hydroxylation is 2. The van der Waals surface area contributed by atoms with Crippen molar-refractivity contribution in [3.8, 4) is 0 Å². The number of fused-ring (bicyclic) bond motifs is 1. The Balaban J connectivity index is 1.65. The average Bonchev–Trinajstić information content (AvgIpc) is 3.03. The second kappa shape index (κ2) is 6.24. The van der Waals surface area contributed by atoms with E-state index in [2.05, 4.69) is 20.5 Å². The van der Waals surface area contributed by atoms with E-state index in [-0.39, 0.29) is 11.9 Å². The van der Waals surface area contributed by atoms with Crippen LogP contribution in [0.2, 0.25) is 0 Å². The van der Waals surface area contributed by atoms with Gasteiger partial charge in [-0.2, -0.15) is 5.10 Å². The van der Waals surface area contributed by atoms with E-state index < -0.39 is 0 Å². The summed E-state index contributed by atoms with van der Waals surface area (Å²) in [6, 6.07) is 7.86. The van der Waals surface area contributed by atoms with E-state index >= 15 is 0 Å². The third-order valence-corrected chi connectivity index (χ3v) is 3.84. The van der Waals surface area contributed by atoms with Crippen LogP contribution in [-0.2, 0) is 17.6 Å². The molecule has 0 radical (unpaired) electrons. The van der Waals surface area contributed by atoms with Gasteiger partial charge in [-0.3, -0.25) is 9.89 Å². The summed E-state index contributed by atoms with van der Waals surface area (Å²) in [5.41, 5.74) is 4.68. The van der Waals surface area contributed by atoms with Gasteiger partial charge in [-0.15, -0.1) is 0 Å². The molecule has 6 nitrogen and oxygen atoms in total. The van der Waals surface area contributed by atoms with Gasteiger partial charge in [-0.05, 0) is 39.0 Å². The van der Waals surface area contributed by atoms with Crippen molar-refractivity contribution in [3.63, 3.8) is 0 Å². The Kier molecular flexibility index (Phi) is 4.14. The Hall–Kier alpha value is -2.63. The topological polar surface area (TPSA) is 75.1 Å². The lowest BCUT2D eigenvalue weighted by atomic mass is 10.1. The largest absolute Gasteiger partial charge is 0.353 e. The van der Waals surface area contributed by atoms with Crippen molar-refractivity contribution < 1.29 is 4.79 Å². The summed E-state index contributed by atoms with van der Waals surface area (Å²) in [5.74, 6) is -0.00138. The van der Waals surface area contributed by atoms with Crippen molar-refractivity contribution in [2.45, 2.75) is 39.7 Å². The number of aromatic nitrogens is 4. The lowest BCUT2D eigenvalue weighted by molar-refractivity contribution is -0.121. The minimum Gasteiger partial charge on any atom is -0.353 e. The van der Waals surface area contributed by atoms with Gasteiger partial charge >= 0.3 is 0 Å². The summed E-state index contributed by atoms with van der Waals surface area (Å²) < 4.78 is 1.97. The predicted molar refractivity (Wildman–Crippen MR) is 88.3 cm³/mol. The molecule has 3 rings (SSSR count). The van der Waals surface area contributed by atoms with E-state index in [1.807, 2.05) is 55.6 Å². The van der Waals surface area contributed by atoms with Gasteiger partial charge < -0.3 is 9.72 Å². The lowest BCUT2D eigenvalue weighted by Gasteiger charge is -2.12. The monoisotopic (exact) mass is 311 g/mol. The zero-order chi connectivity index (χ0) is 16.4. The van der Waals surface area contributed by atoms with Gasteiger partial charge in [0.1, 0.15) is 5.65 Å². The Morgan fingerprint density at radius 2 is 2.22 bits per heavy atom. The third-order valence-electron chi connectivity index (χ3n) is 3.84. The number of imidazole rings is 1. The molecule has 1 amide bonds. The van der Waals surface area contributed by atoms with Crippen LogP contribution in [0.1, 0.15) is 29.7 Å². The molecule has 0 bridgehead atoms. The minimum atomic E-state index is -0.00138. The third kappa shape index (κ3) is 3.41. The van der Waals surface area contributed by atoms with E-state index in [1.165, 1.54) is 0 Å². The SMILES string of the molecule is Cc1cc(C[C@@H](C)NC(=O)Cc2c(C)nc3ccccn23)n[nH]1. The van der Waals surface area contributed by atoms with Crippen LogP contribution < -0.4 is 5.32 Å². The van der Waals surface area contributed by atoms with Crippen LogP contribution in [0, 0.1) is 13.8 Å². The molecule has 0 aliphatic rings. The molecule has 0 fully saturated rings. The lowest BCUT2D eigenvalue weighted by Crippen LogP contribution is -2.35. The Morgan fingerprint density at radius 3 is 2.96 bits per heavy atom. The molecule has 0 aliphatic carbocycles. The molecule has 0 aromatic carbocycles. The first-order chi connectivity index (χ1) is 11.0. The van der Waals surface area contributed by atoms with Gasteiger partial charge in [-0.1, -0.05) is 6.07 Å².